The molecule has 1 N–H and O–H groups in total. The van der Waals surface area contributed by atoms with Crippen LogP contribution in [-0.4, -0.2) is 22.9 Å². The number of rotatable bonds is 6. The van der Waals surface area contributed by atoms with Gasteiger partial charge in [-0.15, -0.1) is 0 Å². The van der Waals surface area contributed by atoms with Gasteiger partial charge in [0.2, 0.25) is 0 Å². The van der Waals surface area contributed by atoms with Gasteiger partial charge in [0.15, 0.2) is 0 Å². The lowest BCUT2D eigenvalue weighted by atomic mass is 9.78. The number of amides is 1. The Morgan fingerprint density at radius 2 is 1.76 bits per heavy atom. The Kier molecular flexibility index (Phi) is 6.05. The molecule has 0 bridgehead atoms. The maximum atomic E-state index is 13.3. The molecule has 2 aromatic rings. The standard InChI is InChI=1S/C26H34N2O/c1-18-10-9-15-24(20(18)3)27-25-22-13-7-8-14-23(22)26(29)28(25)19(2)16-17-21-11-5-4-6-12-21/h4-8,11-14,18-20,24-25,27H,9-10,15-17H2,1-3H3/t18-,19+,20-,24+,25+/m1/s1. The molecule has 5 atom stereocenters. The highest BCUT2D eigenvalue weighted by atomic mass is 16.2. The molecule has 0 radical (unpaired) electrons. The third-order valence-electron chi connectivity index (χ3n) is 7.25. The van der Waals surface area contributed by atoms with Gasteiger partial charge in [0.1, 0.15) is 6.17 Å². The summed E-state index contributed by atoms with van der Waals surface area (Å²) in [5.41, 5.74) is 3.35. The highest BCUT2D eigenvalue weighted by Gasteiger charge is 2.41. The molecule has 3 heteroatoms. The maximum absolute atomic E-state index is 13.3. The fourth-order valence-corrected chi connectivity index (χ4v) is 5.14. The van der Waals surface area contributed by atoms with E-state index in [4.69, 9.17) is 0 Å². The Morgan fingerprint density at radius 3 is 2.55 bits per heavy atom. The number of nitrogens with zero attached hydrogens (tertiary/aromatic N) is 1. The van der Waals surface area contributed by atoms with Gasteiger partial charge >= 0.3 is 0 Å². The van der Waals surface area contributed by atoms with Crippen LogP contribution in [0.15, 0.2) is 54.6 Å². The summed E-state index contributed by atoms with van der Waals surface area (Å²) in [6.07, 6.45) is 5.74. The van der Waals surface area contributed by atoms with Crippen molar-refractivity contribution in [2.24, 2.45) is 11.8 Å². The van der Waals surface area contributed by atoms with Crippen molar-refractivity contribution >= 4 is 5.91 Å². The van der Waals surface area contributed by atoms with Crippen molar-refractivity contribution in [2.45, 2.75) is 71.1 Å². The van der Waals surface area contributed by atoms with E-state index in [0.29, 0.717) is 12.0 Å². The van der Waals surface area contributed by atoms with Gasteiger partial charge in [-0.05, 0) is 49.7 Å². The molecular formula is C26H34N2O. The zero-order valence-electron chi connectivity index (χ0n) is 18.0. The quantitative estimate of drug-likeness (QED) is 0.699. The molecule has 1 fully saturated rings. The Hall–Kier alpha value is -2.13. The normalized spacial score (nSPS) is 27.7. The minimum atomic E-state index is -0.0118. The van der Waals surface area contributed by atoms with Crippen molar-refractivity contribution in [1.29, 1.82) is 0 Å². The molecule has 2 aliphatic rings. The van der Waals surface area contributed by atoms with E-state index in [1.54, 1.807) is 0 Å². The predicted molar refractivity (Wildman–Crippen MR) is 119 cm³/mol. The molecule has 0 unspecified atom stereocenters. The molecule has 2 aromatic carbocycles. The molecule has 3 nitrogen and oxygen atoms in total. The van der Waals surface area contributed by atoms with Gasteiger partial charge in [0, 0.05) is 23.2 Å². The number of hydrogen-bond acceptors (Lipinski definition) is 2. The van der Waals surface area contributed by atoms with Gasteiger partial charge in [-0.25, -0.2) is 0 Å². The molecule has 0 spiro atoms. The number of carbonyl (C=O) groups excluding carboxylic acids is 1. The predicted octanol–water partition coefficient (Wildman–Crippen LogP) is 5.58. The summed E-state index contributed by atoms with van der Waals surface area (Å²) in [4.78, 5) is 15.4. The Labute approximate surface area is 175 Å². The number of hydrogen-bond donors (Lipinski definition) is 1. The number of aryl methyl sites for hydroxylation is 1. The van der Waals surface area contributed by atoms with Crippen LogP contribution in [0.5, 0.6) is 0 Å². The van der Waals surface area contributed by atoms with Gasteiger partial charge in [0.25, 0.3) is 5.91 Å². The summed E-state index contributed by atoms with van der Waals surface area (Å²) in [6, 6.07) is 19.4. The summed E-state index contributed by atoms with van der Waals surface area (Å²) in [5, 5.41) is 3.92. The lowest BCUT2D eigenvalue weighted by molar-refractivity contribution is 0.0529. The van der Waals surface area contributed by atoms with Crippen molar-refractivity contribution in [3.63, 3.8) is 0 Å². The number of fused-ring (bicyclic) bond motifs is 1. The van der Waals surface area contributed by atoms with Crippen molar-refractivity contribution in [3.05, 3.63) is 71.3 Å². The zero-order chi connectivity index (χ0) is 20.4. The first-order valence-electron chi connectivity index (χ1n) is 11.3. The van der Waals surface area contributed by atoms with Gasteiger partial charge in [0.05, 0.1) is 0 Å². The molecule has 29 heavy (non-hydrogen) atoms. The summed E-state index contributed by atoms with van der Waals surface area (Å²) in [7, 11) is 0. The first-order valence-corrected chi connectivity index (χ1v) is 11.3. The first kappa shape index (κ1) is 20.2. The van der Waals surface area contributed by atoms with Crippen molar-refractivity contribution in [2.75, 3.05) is 0 Å². The molecular weight excluding hydrogens is 356 g/mol. The lowest BCUT2D eigenvalue weighted by Gasteiger charge is -2.40. The molecule has 1 aliphatic carbocycles. The van der Waals surface area contributed by atoms with E-state index in [1.807, 2.05) is 12.1 Å². The molecule has 1 saturated carbocycles. The van der Waals surface area contributed by atoms with E-state index >= 15 is 0 Å². The molecule has 4 rings (SSSR count). The molecule has 0 aromatic heterocycles. The van der Waals surface area contributed by atoms with Crippen LogP contribution in [0.3, 0.4) is 0 Å². The fourth-order valence-electron chi connectivity index (χ4n) is 5.14. The maximum Gasteiger partial charge on any atom is 0.256 e. The second-order valence-electron chi connectivity index (χ2n) is 9.12. The Morgan fingerprint density at radius 1 is 1.03 bits per heavy atom. The minimum absolute atomic E-state index is 0.0118. The summed E-state index contributed by atoms with van der Waals surface area (Å²) >= 11 is 0. The van der Waals surface area contributed by atoms with Crippen LogP contribution in [0.1, 0.15) is 74.1 Å². The highest BCUT2D eigenvalue weighted by Crippen LogP contribution is 2.37. The van der Waals surface area contributed by atoms with Crippen LogP contribution in [0.4, 0.5) is 0 Å². The number of benzene rings is 2. The summed E-state index contributed by atoms with van der Waals surface area (Å²) in [5.74, 6) is 1.54. The minimum Gasteiger partial charge on any atom is -0.316 e. The second kappa shape index (κ2) is 8.71. The Bertz CT molecular complexity index is 834. The smallest absolute Gasteiger partial charge is 0.256 e. The second-order valence-corrected chi connectivity index (χ2v) is 9.12. The highest BCUT2D eigenvalue weighted by molar-refractivity contribution is 5.99. The lowest BCUT2D eigenvalue weighted by Crippen LogP contribution is -2.49. The van der Waals surface area contributed by atoms with E-state index in [1.165, 1.54) is 24.8 Å². The molecule has 0 saturated heterocycles. The van der Waals surface area contributed by atoms with Crippen molar-refractivity contribution in [1.82, 2.24) is 10.2 Å². The molecule has 1 amide bonds. The van der Waals surface area contributed by atoms with Crippen LogP contribution in [0.25, 0.3) is 0 Å². The van der Waals surface area contributed by atoms with E-state index in [9.17, 15) is 4.79 Å². The van der Waals surface area contributed by atoms with Gasteiger partial charge in [-0.1, -0.05) is 75.2 Å². The van der Waals surface area contributed by atoms with Crippen molar-refractivity contribution in [3.8, 4) is 0 Å². The molecule has 1 aliphatic heterocycles. The number of nitrogens with one attached hydrogen (secondary N) is 1. The van der Waals surface area contributed by atoms with E-state index < -0.39 is 0 Å². The summed E-state index contributed by atoms with van der Waals surface area (Å²) < 4.78 is 0. The number of carbonyl (C=O) groups is 1. The molecule has 154 valence electrons. The van der Waals surface area contributed by atoms with Crippen LogP contribution >= 0.6 is 0 Å². The third kappa shape index (κ3) is 4.11. The van der Waals surface area contributed by atoms with Crippen LogP contribution < -0.4 is 5.32 Å². The fraction of sp³-hybridized carbons (Fsp3) is 0.500. The topological polar surface area (TPSA) is 32.3 Å². The monoisotopic (exact) mass is 390 g/mol. The first-order chi connectivity index (χ1) is 14.1. The largest absolute Gasteiger partial charge is 0.316 e. The zero-order valence-corrected chi connectivity index (χ0v) is 18.0. The van der Waals surface area contributed by atoms with Crippen molar-refractivity contribution < 1.29 is 4.79 Å². The summed E-state index contributed by atoms with van der Waals surface area (Å²) in [6.45, 7) is 6.94. The average molecular weight is 391 g/mol. The average Bonchev–Trinajstić information content (AvgIpc) is 3.02. The van der Waals surface area contributed by atoms with Crippen LogP contribution in [-0.2, 0) is 6.42 Å². The van der Waals surface area contributed by atoms with Crippen LogP contribution in [0, 0.1) is 11.8 Å². The SMILES string of the molecule is C[C@@H]1[C@H](C)CCC[C@@H]1N[C@@H]1c2ccccc2C(=O)N1[C@@H](C)CCc1ccccc1. The molecule has 1 heterocycles. The third-order valence-corrected chi connectivity index (χ3v) is 7.25. The van der Waals surface area contributed by atoms with Crippen LogP contribution in [0.2, 0.25) is 0 Å². The Balaban J connectivity index is 1.54. The van der Waals surface area contributed by atoms with Gasteiger partial charge in [-0.2, -0.15) is 0 Å². The van der Waals surface area contributed by atoms with Gasteiger partial charge < -0.3 is 4.90 Å². The van der Waals surface area contributed by atoms with Gasteiger partial charge in [-0.3, -0.25) is 10.1 Å². The van der Waals surface area contributed by atoms with E-state index in [0.717, 1.165) is 29.9 Å². The van der Waals surface area contributed by atoms with E-state index in [2.05, 4.69) is 73.5 Å². The van der Waals surface area contributed by atoms with E-state index in [-0.39, 0.29) is 18.1 Å².